The molecule has 152 valence electrons. The quantitative estimate of drug-likeness (QED) is 0.278. The van der Waals surface area contributed by atoms with Gasteiger partial charge in [-0.2, -0.15) is 0 Å². The van der Waals surface area contributed by atoms with Crippen molar-refractivity contribution in [2.75, 3.05) is 47.8 Å². The number of hydrogen-bond donors (Lipinski definition) is 1. The number of rotatable bonds is 7. The van der Waals surface area contributed by atoms with E-state index in [1.165, 1.54) is 5.56 Å². The van der Waals surface area contributed by atoms with Crippen molar-refractivity contribution in [3.63, 3.8) is 0 Å². The highest BCUT2D eigenvalue weighted by atomic mass is 127. The van der Waals surface area contributed by atoms with Crippen molar-refractivity contribution in [1.29, 1.82) is 0 Å². The van der Waals surface area contributed by atoms with Gasteiger partial charge in [0.1, 0.15) is 0 Å². The average Bonchev–Trinajstić information content (AvgIpc) is 3.10. The van der Waals surface area contributed by atoms with Crippen molar-refractivity contribution in [3.8, 4) is 0 Å². The third-order valence-corrected chi connectivity index (χ3v) is 4.83. The molecule has 0 bridgehead atoms. The Hall–Kier alpha value is -1.35. The largest absolute Gasteiger partial charge is 0.356 e. The molecule has 1 unspecified atom stereocenters. The molecular weight excluding hydrogens is 453 g/mol. The number of nitrogens with zero attached hydrogens (tertiary/aromatic N) is 4. The Morgan fingerprint density at radius 1 is 1.26 bits per heavy atom. The van der Waals surface area contributed by atoms with Crippen LogP contribution in [0.25, 0.3) is 0 Å². The predicted octanol–water partition coefficient (Wildman–Crippen LogP) is 2.25. The molecule has 1 heterocycles. The molecular formula is C20H34IN5O. The highest BCUT2D eigenvalue weighted by Crippen LogP contribution is 2.18. The van der Waals surface area contributed by atoms with Gasteiger partial charge in [0.2, 0.25) is 5.91 Å². The second-order valence-electron chi connectivity index (χ2n) is 7.10. The topological polar surface area (TPSA) is 51.2 Å². The first-order chi connectivity index (χ1) is 12.5. The molecule has 2 rings (SSSR count). The molecule has 1 atom stereocenters. The van der Waals surface area contributed by atoms with Crippen molar-refractivity contribution in [1.82, 2.24) is 20.0 Å². The second kappa shape index (κ2) is 12.2. The minimum absolute atomic E-state index is 0. The number of nitrogens with one attached hydrogen (secondary N) is 1. The summed E-state index contributed by atoms with van der Waals surface area (Å²) >= 11 is 0. The zero-order valence-corrected chi connectivity index (χ0v) is 19.3. The molecule has 1 aliphatic rings. The number of hydrogen-bond acceptors (Lipinski definition) is 3. The molecule has 0 spiro atoms. The van der Waals surface area contributed by atoms with Gasteiger partial charge in [-0.3, -0.25) is 14.7 Å². The van der Waals surface area contributed by atoms with Gasteiger partial charge in [0.25, 0.3) is 0 Å². The lowest BCUT2D eigenvalue weighted by molar-refractivity contribution is -0.133. The summed E-state index contributed by atoms with van der Waals surface area (Å²) in [6, 6.07) is 10.5. The number of benzene rings is 1. The molecule has 7 heteroatoms. The Morgan fingerprint density at radius 3 is 2.59 bits per heavy atom. The van der Waals surface area contributed by atoms with Crippen LogP contribution < -0.4 is 5.32 Å². The molecule has 1 fully saturated rings. The molecule has 1 saturated heterocycles. The number of guanidine groups is 1. The summed E-state index contributed by atoms with van der Waals surface area (Å²) < 4.78 is 0. The van der Waals surface area contributed by atoms with E-state index >= 15 is 0 Å². The number of likely N-dealkylation sites (N-methyl/N-ethyl adjacent to an activating group) is 1. The van der Waals surface area contributed by atoms with Crippen LogP contribution in [0.2, 0.25) is 0 Å². The van der Waals surface area contributed by atoms with Crippen LogP contribution in [-0.4, -0.2) is 80.4 Å². The highest BCUT2D eigenvalue weighted by Gasteiger charge is 2.30. The van der Waals surface area contributed by atoms with Crippen LogP contribution in [0.1, 0.15) is 24.8 Å². The van der Waals surface area contributed by atoms with E-state index in [1.807, 2.05) is 27.2 Å². The van der Waals surface area contributed by atoms with Gasteiger partial charge in [-0.05, 0) is 31.4 Å². The summed E-state index contributed by atoms with van der Waals surface area (Å²) in [4.78, 5) is 22.8. The Bertz CT molecular complexity index is 593. The third-order valence-electron chi connectivity index (χ3n) is 4.83. The van der Waals surface area contributed by atoms with E-state index in [-0.39, 0.29) is 35.9 Å². The third kappa shape index (κ3) is 7.29. The van der Waals surface area contributed by atoms with Crippen LogP contribution in [0.5, 0.6) is 0 Å². The van der Waals surface area contributed by atoms with E-state index < -0.39 is 0 Å². The van der Waals surface area contributed by atoms with Crippen molar-refractivity contribution in [3.05, 3.63) is 35.9 Å². The standard InChI is InChI=1S/C20H33N5O.HI/c1-21-20(24(4)16-17-10-6-5-7-11-17)22-13-9-15-25-14-8-12-18(25)19(26)23(2)3;/h5-7,10-11,18H,8-9,12-16H2,1-4H3,(H,21,22);1H. The zero-order chi connectivity index (χ0) is 18.9. The van der Waals surface area contributed by atoms with Gasteiger partial charge in [0, 0.05) is 47.8 Å². The SMILES string of the molecule is CN=C(NCCCN1CCCC1C(=O)N(C)C)N(C)Cc1ccccc1.I. The first-order valence-electron chi connectivity index (χ1n) is 9.44. The molecule has 1 amide bonds. The smallest absolute Gasteiger partial charge is 0.239 e. The predicted molar refractivity (Wildman–Crippen MR) is 123 cm³/mol. The number of halogens is 1. The van der Waals surface area contributed by atoms with Crippen LogP contribution in [0.15, 0.2) is 35.3 Å². The maximum atomic E-state index is 12.2. The molecule has 1 aliphatic heterocycles. The summed E-state index contributed by atoms with van der Waals surface area (Å²) in [6.07, 6.45) is 3.08. The van der Waals surface area contributed by atoms with Crippen LogP contribution in [0, 0.1) is 0 Å². The van der Waals surface area contributed by atoms with Gasteiger partial charge in [0.05, 0.1) is 6.04 Å². The molecule has 0 radical (unpaired) electrons. The molecule has 0 aliphatic carbocycles. The summed E-state index contributed by atoms with van der Waals surface area (Å²) in [5, 5.41) is 3.43. The lowest BCUT2D eigenvalue weighted by Gasteiger charge is -2.26. The van der Waals surface area contributed by atoms with Gasteiger partial charge in [-0.15, -0.1) is 24.0 Å². The van der Waals surface area contributed by atoms with E-state index in [2.05, 4.69) is 51.4 Å². The summed E-state index contributed by atoms with van der Waals surface area (Å²) in [6.45, 7) is 3.64. The summed E-state index contributed by atoms with van der Waals surface area (Å²) in [5.41, 5.74) is 1.26. The van der Waals surface area contributed by atoms with E-state index in [4.69, 9.17) is 0 Å². The fourth-order valence-corrected chi connectivity index (χ4v) is 3.47. The van der Waals surface area contributed by atoms with Gasteiger partial charge in [-0.1, -0.05) is 30.3 Å². The normalized spacial score (nSPS) is 17.3. The number of aliphatic imine (C=N–C) groups is 1. The fourth-order valence-electron chi connectivity index (χ4n) is 3.47. The zero-order valence-electron chi connectivity index (χ0n) is 17.0. The number of amides is 1. The van der Waals surface area contributed by atoms with Crippen molar-refractivity contribution in [2.45, 2.75) is 31.8 Å². The number of carbonyl (C=O) groups excluding carboxylic acids is 1. The van der Waals surface area contributed by atoms with Crippen molar-refractivity contribution in [2.24, 2.45) is 4.99 Å². The summed E-state index contributed by atoms with van der Waals surface area (Å²) in [7, 11) is 7.55. The van der Waals surface area contributed by atoms with Crippen molar-refractivity contribution < 1.29 is 4.79 Å². The number of carbonyl (C=O) groups is 1. The lowest BCUT2D eigenvalue weighted by atomic mass is 10.2. The average molecular weight is 487 g/mol. The molecule has 1 aromatic carbocycles. The Balaban J connectivity index is 0.00000364. The monoisotopic (exact) mass is 487 g/mol. The van der Waals surface area contributed by atoms with Gasteiger partial charge in [0.15, 0.2) is 5.96 Å². The molecule has 0 aromatic heterocycles. The van der Waals surface area contributed by atoms with E-state index in [1.54, 1.807) is 4.90 Å². The highest BCUT2D eigenvalue weighted by molar-refractivity contribution is 14.0. The molecule has 6 nitrogen and oxygen atoms in total. The number of likely N-dealkylation sites (tertiary alicyclic amines) is 1. The molecule has 0 saturated carbocycles. The molecule has 1 N–H and O–H groups in total. The first-order valence-corrected chi connectivity index (χ1v) is 9.44. The van der Waals surface area contributed by atoms with Crippen molar-refractivity contribution >= 4 is 35.8 Å². The first kappa shape index (κ1) is 23.7. The minimum atomic E-state index is 0. The van der Waals surface area contributed by atoms with Crippen LogP contribution in [-0.2, 0) is 11.3 Å². The minimum Gasteiger partial charge on any atom is -0.356 e. The van der Waals surface area contributed by atoms with E-state index in [0.29, 0.717) is 0 Å². The fraction of sp³-hybridized carbons (Fsp3) is 0.600. The maximum absolute atomic E-state index is 12.2. The second-order valence-corrected chi connectivity index (χ2v) is 7.10. The van der Waals surface area contributed by atoms with Gasteiger partial charge < -0.3 is 15.1 Å². The Kier molecular flexibility index (Phi) is 10.7. The lowest BCUT2D eigenvalue weighted by Crippen LogP contribution is -2.44. The van der Waals surface area contributed by atoms with E-state index in [0.717, 1.165) is 51.4 Å². The molecule has 27 heavy (non-hydrogen) atoms. The molecule has 1 aromatic rings. The van der Waals surface area contributed by atoms with Crippen LogP contribution in [0.3, 0.4) is 0 Å². The summed E-state index contributed by atoms with van der Waals surface area (Å²) in [5.74, 6) is 1.13. The Labute approximate surface area is 181 Å². The maximum Gasteiger partial charge on any atom is 0.239 e. The van der Waals surface area contributed by atoms with Gasteiger partial charge in [-0.25, -0.2) is 0 Å². The van der Waals surface area contributed by atoms with Gasteiger partial charge >= 0.3 is 0 Å². The Morgan fingerprint density at radius 2 is 1.96 bits per heavy atom. The van der Waals surface area contributed by atoms with Crippen LogP contribution >= 0.6 is 24.0 Å². The van der Waals surface area contributed by atoms with E-state index in [9.17, 15) is 4.79 Å². The van der Waals surface area contributed by atoms with Crippen LogP contribution in [0.4, 0.5) is 0 Å².